The highest BCUT2D eigenvalue weighted by Gasteiger charge is 2.53. The molecule has 0 spiro atoms. The van der Waals surface area contributed by atoms with Gasteiger partial charge in [0.1, 0.15) is 18.0 Å². The Morgan fingerprint density at radius 3 is 2.70 bits per heavy atom. The number of nitrogens with two attached hydrogens (primary N) is 2. The third kappa shape index (κ3) is 5.29. The number of carboxylic acids is 1. The van der Waals surface area contributed by atoms with Gasteiger partial charge in [-0.25, -0.2) is 4.57 Å². The molecule has 4 rings (SSSR count). The smallest absolute Gasteiger partial charge is 0.278 e. The lowest BCUT2D eigenvalue weighted by atomic mass is 10.0. The molecule has 2 atom stereocenters. The normalized spacial score (nSPS) is 19.1. The fourth-order valence-electron chi connectivity index (χ4n) is 3.62. The molecule has 0 radical (unpaired) electrons. The van der Waals surface area contributed by atoms with Gasteiger partial charge in [0.05, 0.1) is 17.2 Å². The van der Waals surface area contributed by atoms with Crippen molar-refractivity contribution in [3.05, 3.63) is 59.8 Å². The summed E-state index contributed by atoms with van der Waals surface area (Å²) >= 11 is 2.13. The number of pyridine rings is 1. The van der Waals surface area contributed by atoms with E-state index in [9.17, 15) is 24.3 Å². The van der Waals surface area contributed by atoms with Crippen molar-refractivity contribution in [2.24, 2.45) is 10.9 Å². The Balaban J connectivity index is 1.52. The van der Waals surface area contributed by atoms with Gasteiger partial charge in [0.15, 0.2) is 24.1 Å². The average Bonchev–Trinajstić information content (AvgIpc) is 3.30. The van der Waals surface area contributed by atoms with Crippen molar-refractivity contribution in [2.75, 3.05) is 18.1 Å². The molecule has 2 aromatic rings. The van der Waals surface area contributed by atoms with Crippen LogP contribution in [0.5, 0.6) is 0 Å². The van der Waals surface area contributed by atoms with Crippen LogP contribution in [0, 0.1) is 0 Å². The van der Waals surface area contributed by atoms with Crippen molar-refractivity contribution in [2.45, 2.75) is 18.0 Å². The Bertz CT molecular complexity index is 1340. The van der Waals surface area contributed by atoms with Gasteiger partial charge in [-0.2, -0.15) is 9.36 Å². The number of nitrogens with one attached hydrogen (secondary N) is 1. The minimum Gasteiger partial charge on any atom is -0.543 e. The third-order valence-electron chi connectivity index (χ3n) is 5.29. The second kappa shape index (κ2) is 10.8. The number of amides is 3. The number of β-lactam (4-membered cyclic amide) rings is 1. The molecule has 2 aliphatic heterocycles. The summed E-state index contributed by atoms with van der Waals surface area (Å²) < 4.78 is 5.60. The van der Waals surface area contributed by atoms with Gasteiger partial charge in [0.25, 0.3) is 11.8 Å². The predicted octanol–water partition coefficient (Wildman–Crippen LogP) is -2.48. The first-order chi connectivity index (χ1) is 17.7. The summed E-state index contributed by atoms with van der Waals surface area (Å²) in [4.78, 5) is 59.2. The largest absolute Gasteiger partial charge is 0.543 e. The van der Waals surface area contributed by atoms with Crippen LogP contribution in [0.2, 0.25) is 0 Å². The van der Waals surface area contributed by atoms with Gasteiger partial charge in [0, 0.05) is 35.0 Å². The van der Waals surface area contributed by atoms with Gasteiger partial charge >= 0.3 is 0 Å². The second-order valence-electron chi connectivity index (χ2n) is 7.70. The summed E-state index contributed by atoms with van der Waals surface area (Å²) in [6.45, 7) is 3.64. The van der Waals surface area contributed by atoms with E-state index in [4.69, 9.17) is 16.3 Å². The number of hydrogen-bond acceptors (Lipinski definition) is 12. The maximum atomic E-state index is 13.0. The summed E-state index contributed by atoms with van der Waals surface area (Å²) in [6, 6.07) is 1.98. The van der Waals surface area contributed by atoms with Crippen molar-refractivity contribution in [3.63, 3.8) is 0 Å². The number of fused-ring (bicyclic) bond motifs is 1. The number of oxime groups is 1. The number of hydrogen-bond donors (Lipinski definition) is 3. The molecule has 0 bridgehead atoms. The predicted molar refractivity (Wildman–Crippen MR) is 129 cm³/mol. The number of primary amides is 1. The Morgan fingerprint density at radius 1 is 1.38 bits per heavy atom. The van der Waals surface area contributed by atoms with Gasteiger partial charge in [-0.3, -0.25) is 19.3 Å². The first-order valence-electron chi connectivity index (χ1n) is 10.6. The molecule has 0 aromatic carbocycles. The van der Waals surface area contributed by atoms with E-state index in [0.717, 1.165) is 16.4 Å². The molecule has 0 saturated carbocycles. The number of carbonyl (C=O) groups is 4. The molecule has 16 heteroatoms. The maximum absolute atomic E-state index is 13.0. The Hall–Kier alpha value is -4.31. The Morgan fingerprint density at radius 2 is 2.11 bits per heavy atom. The number of aliphatic carboxylic acids is 1. The molecular weight excluding hydrogens is 524 g/mol. The summed E-state index contributed by atoms with van der Waals surface area (Å²) in [5.41, 5.74) is 11.0. The molecule has 0 aliphatic carbocycles. The van der Waals surface area contributed by atoms with Crippen LogP contribution in [0.25, 0.3) is 0 Å². The first kappa shape index (κ1) is 25.8. The summed E-state index contributed by atoms with van der Waals surface area (Å²) in [7, 11) is 0. The quantitative estimate of drug-likeness (QED) is 0.0716. The van der Waals surface area contributed by atoms with Gasteiger partial charge < -0.3 is 31.5 Å². The van der Waals surface area contributed by atoms with E-state index >= 15 is 0 Å². The van der Waals surface area contributed by atoms with E-state index in [-0.39, 0.29) is 41.3 Å². The van der Waals surface area contributed by atoms with Gasteiger partial charge in [-0.15, -0.1) is 11.8 Å². The molecule has 14 nitrogen and oxygen atoms in total. The zero-order valence-corrected chi connectivity index (χ0v) is 20.7. The van der Waals surface area contributed by atoms with Crippen LogP contribution >= 0.6 is 23.3 Å². The molecule has 1 saturated heterocycles. The Labute approximate surface area is 217 Å². The highest BCUT2D eigenvalue weighted by atomic mass is 32.2. The summed E-state index contributed by atoms with van der Waals surface area (Å²) in [6.07, 6.45) is 4.57. The van der Waals surface area contributed by atoms with Gasteiger partial charge in [-0.1, -0.05) is 17.8 Å². The summed E-state index contributed by atoms with van der Waals surface area (Å²) in [5.74, 6) is -3.37. The second-order valence-corrected chi connectivity index (χ2v) is 9.59. The van der Waals surface area contributed by atoms with E-state index in [1.807, 2.05) is 0 Å². The lowest BCUT2D eigenvalue weighted by Gasteiger charge is -2.50. The van der Waals surface area contributed by atoms with Crippen molar-refractivity contribution in [3.8, 4) is 0 Å². The number of aromatic nitrogens is 3. The van der Waals surface area contributed by atoms with E-state index in [1.54, 1.807) is 17.0 Å². The van der Waals surface area contributed by atoms with E-state index < -0.39 is 35.1 Å². The van der Waals surface area contributed by atoms with Crippen LogP contribution in [0.15, 0.2) is 53.6 Å². The number of nitrogens with zero attached hydrogens (tertiary/aromatic N) is 5. The monoisotopic (exact) mass is 544 g/mol. The highest BCUT2D eigenvalue weighted by molar-refractivity contribution is 8.00. The standard InChI is InChI=1S/C21H20N8O6S2/c1-2-7-35-26-12(16-25-21(23)37-27-16)17(31)24-13-18(32)29-14(20(33)34)11(9-36-19(13)29)8-28-5-3-10(4-6-28)15(22)30/h2-6,13,19H,1,7-9H2,(H5-,22,23,24,25,27,30,31,33,34)/t13?,19-/m1/s1. The first-order valence-corrected chi connectivity index (χ1v) is 12.4. The fourth-order valence-corrected chi connectivity index (χ4v) is 5.39. The number of carbonyl (C=O) groups excluding carboxylic acids is 4. The molecule has 3 amide bonds. The molecule has 2 aliphatic rings. The molecular formula is C21H20N8O6S2. The highest BCUT2D eigenvalue weighted by Crippen LogP contribution is 2.40. The van der Waals surface area contributed by atoms with Crippen LogP contribution in [-0.2, 0) is 25.8 Å². The number of nitrogen functional groups attached to an aromatic ring is 1. The average molecular weight is 545 g/mol. The number of thioether (sulfide) groups is 1. The minimum atomic E-state index is -1.52. The van der Waals surface area contributed by atoms with Crippen LogP contribution in [0.3, 0.4) is 0 Å². The zero-order valence-electron chi connectivity index (χ0n) is 19.0. The number of anilines is 1. The van der Waals surface area contributed by atoms with Gasteiger partial charge in [-0.05, 0) is 0 Å². The van der Waals surface area contributed by atoms with E-state index in [2.05, 4.69) is 26.4 Å². The number of rotatable bonds is 10. The molecule has 1 fully saturated rings. The van der Waals surface area contributed by atoms with Crippen molar-refractivity contribution < 1.29 is 33.7 Å². The van der Waals surface area contributed by atoms with Crippen molar-refractivity contribution in [1.82, 2.24) is 19.6 Å². The number of carboxylic acid groups (broad SMARTS) is 1. The van der Waals surface area contributed by atoms with E-state index in [0.29, 0.717) is 11.1 Å². The molecule has 37 heavy (non-hydrogen) atoms. The van der Waals surface area contributed by atoms with Crippen LogP contribution in [-0.4, -0.2) is 67.4 Å². The van der Waals surface area contributed by atoms with Crippen LogP contribution in [0.1, 0.15) is 16.2 Å². The SMILES string of the molecule is C=CCON=C(C(=O)NC1C(=O)N2C(C(=O)[O-])=C(C[n+]3ccc(C(N)=O)cc3)CS[C@H]12)c1nsc(N)n1. The lowest BCUT2D eigenvalue weighted by Crippen LogP contribution is -2.71. The van der Waals surface area contributed by atoms with Gasteiger partial charge in [0.2, 0.25) is 17.4 Å². The third-order valence-corrected chi connectivity index (χ3v) is 7.18. The molecule has 2 aromatic heterocycles. The van der Waals surface area contributed by atoms with E-state index in [1.165, 1.54) is 30.0 Å². The van der Waals surface area contributed by atoms with Crippen LogP contribution in [0.4, 0.5) is 5.13 Å². The summed E-state index contributed by atoms with van der Waals surface area (Å²) in [5, 5.41) is 17.7. The zero-order chi connectivity index (χ0) is 26.7. The van der Waals surface area contributed by atoms with Crippen LogP contribution < -0.4 is 26.5 Å². The lowest BCUT2D eigenvalue weighted by molar-refractivity contribution is -0.689. The van der Waals surface area contributed by atoms with Crippen molar-refractivity contribution >= 4 is 57.8 Å². The molecule has 4 heterocycles. The topological polar surface area (TPSA) is 210 Å². The minimum absolute atomic E-state index is 0.0107. The fraction of sp³-hybridized carbons (Fsp3) is 0.238. The maximum Gasteiger partial charge on any atom is 0.278 e. The van der Waals surface area contributed by atoms with Crippen molar-refractivity contribution in [1.29, 1.82) is 0 Å². The molecule has 5 N–H and O–H groups in total. The molecule has 192 valence electrons. The molecule has 1 unspecified atom stereocenters. The Kier molecular flexibility index (Phi) is 7.49.